The molecular weight excluding hydrogens is 398 g/mol. The molecule has 0 spiro atoms. The van der Waals surface area contributed by atoms with Crippen molar-refractivity contribution in [1.29, 1.82) is 0 Å². The number of carbonyl (C=O) groups excluding carboxylic acids is 1. The van der Waals surface area contributed by atoms with E-state index in [2.05, 4.69) is 18.0 Å². The molecule has 0 amide bonds. The fourth-order valence-electron chi connectivity index (χ4n) is 2.69. The molecule has 0 fully saturated rings. The standard InChI is InChI=1S/C21H20ClNO2S2/c1-13-4-7-19(14(2)8-13)27-12-20(24)25-11-16-9-15-5-6-17(26-3)10-18(15)23-21(16)22/h4-10H,11-12H2,1-3H3. The number of pyridine rings is 1. The van der Waals surface area contributed by atoms with E-state index < -0.39 is 0 Å². The number of aryl methyl sites for hydroxylation is 2. The summed E-state index contributed by atoms with van der Waals surface area (Å²) in [5.74, 6) is -0.00606. The number of benzene rings is 2. The second-order valence-electron chi connectivity index (χ2n) is 6.22. The van der Waals surface area contributed by atoms with Crippen LogP contribution in [0.15, 0.2) is 52.3 Å². The number of carbonyl (C=O) groups is 1. The van der Waals surface area contributed by atoms with Crippen LogP contribution in [0.3, 0.4) is 0 Å². The molecule has 2 aromatic carbocycles. The number of halogens is 1. The molecule has 0 aliphatic carbocycles. The fraction of sp³-hybridized carbons (Fsp3) is 0.238. The second kappa shape index (κ2) is 9.00. The molecule has 3 nitrogen and oxygen atoms in total. The fourth-order valence-corrected chi connectivity index (χ4v) is 4.13. The van der Waals surface area contributed by atoms with Crippen molar-refractivity contribution < 1.29 is 9.53 Å². The molecule has 1 heterocycles. The minimum Gasteiger partial charge on any atom is -0.460 e. The highest BCUT2D eigenvalue weighted by Crippen LogP contribution is 2.26. The van der Waals surface area contributed by atoms with E-state index in [-0.39, 0.29) is 18.3 Å². The van der Waals surface area contributed by atoms with Crippen molar-refractivity contribution in [2.45, 2.75) is 30.2 Å². The molecule has 0 saturated heterocycles. The summed E-state index contributed by atoms with van der Waals surface area (Å²) in [7, 11) is 0. The summed E-state index contributed by atoms with van der Waals surface area (Å²) in [5, 5.41) is 1.35. The lowest BCUT2D eigenvalue weighted by Gasteiger charge is -2.09. The highest BCUT2D eigenvalue weighted by molar-refractivity contribution is 8.00. The summed E-state index contributed by atoms with van der Waals surface area (Å²) in [6.07, 6.45) is 2.02. The molecule has 3 rings (SSSR count). The third kappa shape index (κ3) is 5.18. The minimum absolute atomic E-state index is 0.123. The van der Waals surface area contributed by atoms with E-state index in [1.54, 1.807) is 11.8 Å². The zero-order chi connectivity index (χ0) is 19.4. The topological polar surface area (TPSA) is 39.2 Å². The summed E-state index contributed by atoms with van der Waals surface area (Å²) >= 11 is 9.42. The van der Waals surface area contributed by atoms with Crippen molar-refractivity contribution in [1.82, 2.24) is 4.98 Å². The summed E-state index contributed by atoms with van der Waals surface area (Å²) in [6, 6.07) is 14.2. The van der Waals surface area contributed by atoms with Crippen LogP contribution in [-0.4, -0.2) is 23.0 Å². The Kier molecular flexibility index (Phi) is 6.68. The molecule has 27 heavy (non-hydrogen) atoms. The molecular formula is C21H20ClNO2S2. The van der Waals surface area contributed by atoms with Crippen molar-refractivity contribution in [3.8, 4) is 0 Å². The van der Waals surface area contributed by atoms with E-state index in [0.29, 0.717) is 10.7 Å². The lowest BCUT2D eigenvalue weighted by Crippen LogP contribution is -2.08. The zero-order valence-electron chi connectivity index (χ0n) is 15.4. The molecule has 0 radical (unpaired) electrons. The average molecular weight is 418 g/mol. The van der Waals surface area contributed by atoms with Gasteiger partial charge in [-0.2, -0.15) is 0 Å². The van der Waals surface area contributed by atoms with Gasteiger partial charge in [-0.25, -0.2) is 4.98 Å². The predicted molar refractivity (Wildman–Crippen MR) is 115 cm³/mol. The van der Waals surface area contributed by atoms with Gasteiger partial charge < -0.3 is 4.74 Å². The Balaban J connectivity index is 1.62. The van der Waals surface area contributed by atoms with E-state index >= 15 is 0 Å². The van der Waals surface area contributed by atoms with E-state index in [4.69, 9.17) is 16.3 Å². The van der Waals surface area contributed by atoms with Crippen LogP contribution in [0.2, 0.25) is 5.15 Å². The Morgan fingerprint density at radius 1 is 1.15 bits per heavy atom. The van der Waals surface area contributed by atoms with Crippen molar-refractivity contribution in [3.05, 3.63) is 64.3 Å². The number of aromatic nitrogens is 1. The van der Waals surface area contributed by atoms with Gasteiger partial charge in [-0.15, -0.1) is 23.5 Å². The Morgan fingerprint density at radius 2 is 1.96 bits per heavy atom. The quantitative estimate of drug-likeness (QED) is 0.277. The van der Waals surface area contributed by atoms with E-state index in [9.17, 15) is 4.79 Å². The van der Waals surface area contributed by atoms with Gasteiger partial charge in [-0.05, 0) is 49.9 Å². The number of thioether (sulfide) groups is 2. The molecule has 0 aliphatic heterocycles. The number of nitrogens with zero attached hydrogens (tertiary/aromatic N) is 1. The van der Waals surface area contributed by atoms with Crippen molar-refractivity contribution in [2.24, 2.45) is 0 Å². The van der Waals surface area contributed by atoms with Gasteiger partial charge in [0, 0.05) is 20.7 Å². The first-order valence-corrected chi connectivity index (χ1v) is 11.0. The molecule has 1 aromatic heterocycles. The molecule has 0 atom stereocenters. The molecule has 0 unspecified atom stereocenters. The van der Waals surface area contributed by atoms with Crippen LogP contribution in [0.1, 0.15) is 16.7 Å². The first-order valence-electron chi connectivity index (χ1n) is 8.45. The average Bonchev–Trinajstić information content (AvgIpc) is 2.65. The normalized spacial score (nSPS) is 11.0. The van der Waals surface area contributed by atoms with Crippen LogP contribution in [0.5, 0.6) is 0 Å². The largest absolute Gasteiger partial charge is 0.460 e. The maximum Gasteiger partial charge on any atom is 0.316 e. The van der Waals surface area contributed by atoms with Crippen LogP contribution in [0, 0.1) is 13.8 Å². The van der Waals surface area contributed by atoms with Gasteiger partial charge in [0.15, 0.2) is 0 Å². The lowest BCUT2D eigenvalue weighted by molar-refractivity contribution is -0.141. The number of hydrogen-bond donors (Lipinski definition) is 0. The molecule has 0 saturated carbocycles. The Morgan fingerprint density at radius 3 is 2.70 bits per heavy atom. The maximum atomic E-state index is 12.1. The van der Waals surface area contributed by atoms with Gasteiger partial charge in [0.1, 0.15) is 11.8 Å². The predicted octanol–water partition coefficient (Wildman–Crippen LogP) is 6.06. The molecule has 0 aliphatic rings. The highest BCUT2D eigenvalue weighted by atomic mass is 35.5. The van der Waals surface area contributed by atoms with Gasteiger partial charge >= 0.3 is 5.97 Å². The first-order chi connectivity index (χ1) is 13.0. The van der Waals surface area contributed by atoms with Crippen LogP contribution in [0.25, 0.3) is 10.9 Å². The Labute approximate surface area is 172 Å². The van der Waals surface area contributed by atoms with Crippen molar-refractivity contribution >= 4 is 52.0 Å². The number of hydrogen-bond acceptors (Lipinski definition) is 5. The molecule has 140 valence electrons. The van der Waals surface area contributed by atoms with Gasteiger partial charge in [-0.1, -0.05) is 35.4 Å². The van der Waals surface area contributed by atoms with Crippen LogP contribution >= 0.6 is 35.1 Å². The van der Waals surface area contributed by atoms with Gasteiger partial charge in [0.2, 0.25) is 0 Å². The number of esters is 1. The maximum absolute atomic E-state index is 12.1. The highest BCUT2D eigenvalue weighted by Gasteiger charge is 2.10. The first kappa shape index (κ1) is 20.1. The molecule has 0 bridgehead atoms. The summed E-state index contributed by atoms with van der Waals surface area (Å²) in [5.41, 5.74) is 3.93. The monoisotopic (exact) mass is 417 g/mol. The van der Waals surface area contributed by atoms with Crippen molar-refractivity contribution in [2.75, 3.05) is 12.0 Å². The Hall–Kier alpha value is -1.69. The third-order valence-corrected chi connectivity index (χ3v) is 6.32. The smallest absolute Gasteiger partial charge is 0.316 e. The van der Waals surface area contributed by atoms with Gasteiger partial charge in [-0.3, -0.25) is 4.79 Å². The number of fused-ring (bicyclic) bond motifs is 1. The lowest BCUT2D eigenvalue weighted by atomic mass is 10.2. The Bertz CT molecular complexity index is 991. The second-order valence-corrected chi connectivity index (χ2v) is 8.47. The van der Waals surface area contributed by atoms with E-state index in [1.165, 1.54) is 22.9 Å². The minimum atomic E-state index is -0.270. The van der Waals surface area contributed by atoms with E-state index in [0.717, 1.165) is 20.7 Å². The third-order valence-electron chi connectivity index (χ3n) is 4.12. The van der Waals surface area contributed by atoms with Crippen molar-refractivity contribution in [3.63, 3.8) is 0 Å². The molecule has 0 N–H and O–H groups in total. The number of rotatable bonds is 6. The van der Waals surface area contributed by atoms with Crippen LogP contribution < -0.4 is 0 Å². The van der Waals surface area contributed by atoms with Gasteiger partial charge in [0.05, 0.1) is 11.3 Å². The van der Waals surface area contributed by atoms with Crippen LogP contribution in [0.4, 0.5) is 0 Å². The SMILES string of the molecule is CSc1ccc2cc(COC(=O)CSc3ccc(C)cc3C)c(Cl)nc2c1. The summed E-state index contributed by atoms with van der Waals surface area (Å²) < 4.78 is 5.40. The molecule has 6 heteroatoms. The molecule has 3 aromatic rings. The summed E-state index contributed by atoms with van der Waals surface area (Å²) in [6.45, 7) is 4.22. The van der Waals surface area contributed by atoms with E-state index in [1.807, 2.05) is 49.6 Å². The van der Waals surface area contributed by atoms with Crippen LogP contribution in [-0.2, 0) is 16.1 Å². The zero-order valence-corrected chi connectivity index (χ0v) is 17.8. The van der Waals surface area contributed by atoms with Gasteiger partial charge in [0.25, 0.3) is 0 Å². The summed E-state index contributed by atoms with van der Waals surface area (Å²) in [4.78, 5) is 18.8. The number of ether oxygens (including phenoxy) is 1.